The Hall–Kier alpha value is -2.35. The van der Waals surface area contributed by atoms with E-state index >= 15 is 0 Å². The Labute approximate surface area is 127 Å². The molecular formula is C16H12ClN3O. The van der Waals surface area contributed by atoms with Crippen LogP contribution >= 0.6 is 11.6 Å². The molecule has 1 heterocycles. The van der Waals surface area contributed by atoms with E-state index in [4.69, 9.17) is 22.6 Å². The second-order valence-corrected chi connectivity index (χ2v) is 5.35. The summed E-state index contributed by atoms with van der Waals surface area (Å²) >= 11 is 5.96. The average molecular weight is 298 g/mol. The summed E-state index contributed by atoms with van der Waals surface area (Å²) < 4.78 is 0. The largest absolute Gasteiger partial charge is 0.316 e. The van der Waals surface area contributed by atoms with Crippen molar-refractivity contribution in [3.05, 3.63) is 64.2 Å². The van der Waals surface area contributed by atoms with Gasteiger partial charge in [0.25, 0.3) is 0 Å². The lowest BCUT2D eigenvalue weighted by Gasteiger charge is -2.17. The van der Waals surface area contributed by atoms with Gasteiger partial charge >= 0.3 is 0 Å². The van der Waals surface area contributed by atoms with Crippen molar-refractivity contribution in [1.82, 2.24) is 0 Å². The molecule has 0 saturated heterocycles. The standard InChI is InChI=1S/C16H12ClN3O/c17-12-5-6-14-13(7-12)15(19)16(21)20(14)9-11-3-1-10(8-18)2-4-11/h1-7,15H,9,19H2. The predicted octanol–water partition coefficient (Wildman–Crippen LogP) is 2.76. The number of hydrogen-bond acceptors (Lipinski definition) is 3. The number of amides is 1. The maximum absolute atomic E-state index is 12.3. The normalized spacial score (nSPS) is 16.7. The van der Waals surface area contributed by atoms with Gasteiger partial charge in [0.2, 0.25) is 5.91 Å². The van der Waals surface area contributed by atoms with Crippen molar-refractivity contribution in [2.45, 2.75) is 12.6 Å². The highest BCUT2D eigenvalue weighted by Crippen LogP contribution is 2.37. The molecule has 1 atom stereocenters. The molecule has 0 spiro atoms. The van der Waals surface area contributed by atoms with Gasteiger partial charge in [-0.15, -0.1) is 0 Å². The van der Waals surface area contributed by atoms with E-state index in [2.05, 4.69) is 6.07 Å². The fourth-order valence-electron chi connectivity index (χ4n) is 2.47. The first-order chi connectivity index (χ1) is 10.1. The number of fused-ring (bicyclic) bond motifs is 1. The lowest BCUT2D eigenvalue weighted by molar-refractivity contribution is -0.119. The van der Waals surface area contributed by atoms with Gasteiger partial charge in [0, 0.05) is 16.3 Å². The smallest absolute Gasteiger partial charge is 0.248 e. The van der Waals surface area contributed by atoms with Crippen LogP contribution in [0.1, 0.15) is 22.7 Å². The van der Waals surface area contributed by atoms with Gasteiger partial charge in [-0.25, -0.2) is 0 Å². The van der Waals surface area contributed by atoms with E-state index in [1.165, 1.54) is 0 Å². The minimum Gasteiger partial charge on any atom is -0.316 e. The van der Waals surface area contributed by atoms with Crippen LogP contribution in [0.4, 0.5) is 5.69 Å². The average Bonchev–Trinajstić information content (AvgIpc) is 2.73. The van der Waals surface area contributed by atoms with Crippen LogP contribution in [0.3, 0.4) is 0 Å². The number of hydrogen-bond donors (Lipinski definition) is 1. The quantitative estimate of drug-likeness (QED) is 0.926. The first-order valence-corrected chi connectivity index (χ1v) is 6.83. The van der Waals surface area contributed by atoms with Crippen LogP contribution in [0.25, 0.3) is 0 Å². The highest BCUT2D eigenvalue weighted by atomic mass is 35.5. The Morgan fingerprint density at radius 1 is 1.24 bits per heavy atom. The molecule has 0 fully saturated rings. The first-order valence-electron chi connectivity index (χ1n) is 6.45. The molecule has 3 rings (SSSR count). The van der Waals surface area contributed by atoms with Gasteiger partial charge in [-0.3, -0.25) is 4.79 Å². The maximum atomic E-state index is 12.3. The summed E-state index contributed by atoms with van der Waals surface area (Å²) in [6.07, 6.45) is 0. The molecule has 0 aliphatic carbocycles. The van der Waals surface area contributed by atoms with E-state index in [1.54, 1.807) is 29.2 Å². The minimum absolute atomic E-state index is 0.142. The summed E-state index contributed by atoms with van der Waals surface area (Å²) in [5.74, 6) is -0.142. The first kappa shape index (κ1) is 13.6. The highest BCUT2D eigenvalue weighted by Gasteiger charge is 2.34. The van der Waals surface area contributed by atoms with E-state index in [1.807, 2.05) is 18.2 Å². The van der Waals surface area contributed by atoms with Gasteiger partial charge < -0.3 is 10.6 Å². The van der Waals surface area contributed by atoms with Crippen LogP contribution in [-0.4, -0.2) is 5.91 Å². The second kappa shape index (κ2) is 5.21. The second-order valence-electron chi connectivity index (χ2n) is 4.91. The molecule has 1 aliphatic heterocycles. The van der Waals surface area contributed by atoms with Gasteiger partial charge in [0.15, 0.2) is 0 Å². The lowest BCUT2D eigenvalue weighted by atomic mass is 10.1. The molecule has 21 heavy (non-hydrogen) atoms. The van der Waals surface area contributed by atoms with Crippen LogP contribution < -0.4 is 10.6 Å². The lowest BCUT2D eigenvalue weighted by Crippen LogP contribution is -2.31. The number of rotatable bonds is 2. The molecule has 1 aliphatic rings. The fraction of sp³-hybridized carbons (Fsp3) is 0.125. The Balaban J connectivity index is 1.92. The Kier molecular flexibility index (Phi) is 3.38. The minimum atomic E-state index is -0.669. The van der Waals surface area contributed by atoms with Crippen LogP contribution in [0.15, 0.2) is 42.5 Å². The van der Waals surface area contributed by atoms with Gasteiger partial charge in [-0.05, 0) is 35.9 Å². The van der Waals surface area contributed by atoms with Crippen molar-refractivity contribution in [1.29, 1.82) is 5.26 Å². The van der Waals surface area contributed by atoms with Crippen LogP contribution in [0.2, 0.25) is 5.02 Å². The van der Waals surface area contributed by atoms with Crippen molar-refractivity contribution in [3.8, 4) is 6.07 Å². The molecule has 1 unspecified atom stereocenters. The zero-order chi connectivity index (χ0) is 15.0. The summed E-state index contributed by atoms with van der Waals surface area (Å²) in [7, 11) is 0. The predicted molar refractivity (Wildman–Crippen MR) is 80.7 cm³/mol. The Morgan fingerprint density at radius 3 is 2.62 bits per heavy atom. The number of benzene rings is 2. The van der Waals surface area contributed by atoms with E-state index in [0.717, 1.165) is 16.8 Å². The van der Waals surface area contributed by atoms with E-state index in [9.17, 15) is 4.79 Å². The molecule has 2 aromatic carbocycles. The van der Waals surface area contributed by atoms with Crippen molar-refractivity contribution in [3.63, 3.8) is 0 Å². The molecule has 0 saturated carbocycles. The number of nitrogens with zero attached hydrogens (tertiary/aromatic N) is 2. The van der Waals surface area contributed by atoms with E-state index in [-0.39, 0.29) is 5.91 Å². The molecule has 0 aromatic heterocycles. The molecule has 2 aromatic rings. The summed E-state index contributed by atoms with van der Waals surface area (Å²) in [6, 6.07) is 13.8. The molecule has 0 bridgehead atoms. The summed E-state index contributed by atoms with van der Waals surface area (Å²) in [4.78, 5) is 14.0. The molecule has 2 N–H and O–H groups in total. The van der Waals surface area contributed by atoms with Gasteiger partial charge in [-0.1, -0.05) is 23.7 Å². The monoisotopic (exact) mass is 297 g/mol. The van der Waals surface area contributed by atoms with Crippen molar-refractivity contribution in [2.75, 3.05) is 4.90 Å². The topological polar surface area (TPSA) is 70.1 Å². The van der Waals surface area contributed by atoms with Crippen LogP contribution in [0, 0.1) is 11.3 Å². The van der Waals surface area contributed by atoms with Gasteiger partial charge in [0.1, 0.15) is 6.04 Å². The third-order valence-electron chi connectivity index (χ3n) is 3.57. The number of nitrogens with two attached hydrogens (primary N) is 1. The SMILES string of the molecule is N#Cc1ccc(CN2C(=O)C(N)c3cc(Cl)ccc32)cc1. The van der Waals surface area contributed by atoms with Gasteiger partial charge in [-0.2, -0.15) is 5.26 Å². The maximum Gasteiger partial charge on any atom is 0.248 e. The molecule has 0 radical (unpaired) electrons. The third kappa shape index (κ3) is 2.38. The number of anilines is 1. The van der Waals surface area contributed by atoms with Crippen LogP contribution in [-0.2, 0) is 11.3 Å². The Morgan fingerprint density at radius 2 is 1.95 bits per heavy atom. The summed E-state index contributed by atoms with van der Waals surface area (Å²) in [6.45, 7) is 0.423. The number of carbonyl (C=O) groups excluding carboxylic acids is 1. The van der Waals surface area contributed by atoms with Crippen molar-refractivity contribution < 1.29 is 4.79 Å². The number of nitriles is 1. The highest BCUT2D eigenvalue weighted by molar-refractivity contribution is 6.31. The van der Waals surface area contributed by atoms with Crippen LogP contribution in [0.5, 0.6) is 0 Å². The molecule has 5 heteroatoms. The zero-order valence-electron chi connectivity index (χ0n) is 11.1. The van der Waals surface area contributed by atoms with E-state index < -0.39 is 6.04 Å². The molecular weight excluding hydrogens is 286 g/mol. The number of halogens is 1. The summed E-state index contributed by atoms with van der Waals surface area (Å²) in [5.41, 5.74) is 9.03. The van der Waals surface area contributed by atoms with Gasteiger partial charge in [0.05, 0.1) is 18.2 Å². The third-order valence-corrected chi connectivity index (χ3v) is 3.81. The number of carbonyl (C=O) groups is 1. The zero-order valence-corrected chi connectivity index (χ0v) is 11.8. The van der Waals surface area contributed by atoms with Crippen molar-refractivity contribution in [2.24, 2.45) is 5.73 Å². The molecule has 4 nitrogen and oxygen atoms in total. The fourth-order valence-corrected chi connectivity index (χ4v) is 2.65. The van der Waals surface area contributed by atoms with Crippen molar-refractivity contribution >= 4 is 23.2 Å². The summed E-state index contributed by atoms with van der Waals surface area (Å²) in [5, 5.41) is 9.37. The molecule has 104 valence electrons. The Bertz CT molecular complexity index is 749. The van der Waals surface area contributed by atoms with E-state index in [0.29, 0.717) is 17.1 Å². The molecule has 1 amide bonds.